The molecule has 0 aromatic rings. The number of hydrogen-bond donors (Lipinski definition) is 4. The fourth-order valence-electron chi connectivity index (χ4n) is 1.49. The highest BCUT2D eigenvalue weighted by atomic mass is 16.6. The second kappa shape index (κ2) is 4.22. The molecule has 1 heterocycles. The molecule has 0 bridgehead atoms. The SMILES string of the molecule is CC[C@@H]1O[C@H](C(=O)O)C(O)[C@H](O)C1O. The molecule has 82 valence electrons. The molecule has 1 fully saturated rings. The van der Waals surface area contributed by atoms with Crippen LogP contribution in [0.1, 0.15) is 13.3 Å². The summed E-state index contributed by atoms with van der Waals surface area (Å²) in [5.41, 5.74) is 0. The largest absolute Gasteiger partial charge is 0.479 e. The molecule has 1 aliphatic rings. The van der Waals surface area contributed by atoms with Gasteiger partial charge in [-0.05, 0) is 6.42 Å². The molecule has 2 unspecified atom stereocenters. The maximum atomic E-state index is 10.6. The average molecular weight is 206 g/mol. The Hall–Kier alpha value is -0.690. The Kier molecular flexibility index (Phi) is 3.43. The van der Waals surface area contributed by atoms with E-state index in [1.165, 1.54) is 0 Å². The van der Waals surface area contributed by atoms with E-state index in [-0.39, 0.29) is 0 Å². The van der Waals surface area contributed by atoms with Crippen molar-refractivity contribution in [3.63, 3.8) is 0 Å². The van der Waals surface area contributed by atoms with E-state index in [1.807, 2.05) is 0 Å². The summed E-state index contributed by atoms with van der Waals surface area (Å²) in [5, 5.41) is 36.6. The third-order valence-electron chi connectivity index (χ3n) is 2.36. The fraction of sp³-hybridized carbons (Fsp3) is 0.875. The lowest BCUT2D eigenvalue weighted by molar-refractivity contribution is -0.227. The van der Waals surface area contributed by atoms with Gasteiger partial charge in [0.2, 0.25) is 0 Å². The van der Waals surface area contributed by atoms with Crippen molar-refractivity contribution in [3.8, 4) is 0 Å². The first-order valence-electron chi connectivity index (χ1n) is 4.41. The molecule has 1 aliphatic heterocycles. The summed E-state index contributed by atoms with van der Waals surface area (Å²) in [4.78, 5) is 10.6. The maximum absolute atomic E-state index is 10.6. The second-order valence-corrected chi connectivity index (χ2v) is 3.31. The van der Waals surface area contributed by atoms with Crippen molar-refractivity contribution < 1.29 is 30.0 Å². The Morgan fingerprint density at radius 2 is 1.79 bits per heavy atom. The number of hydrogen-bond acceptors (Lipinski definition) is 5. The van der Waals surface area contributed by atoms with Gasteiger partial charge < -0.3 is 25.2 Å². The van der Waals surface area contributed by atoms with Gasteiger partial charge in [-0.1, -0.05) is 6.92 Å². The zero-order chi connectivity index (χ0) is 10.9. The van der Waals surface area contributed by atoms with E-state index >= 15 is 0 Å². The van der Waals surface area contributed by atoms with Crippen LogP contribution < -0.4 is 0 Å². The molecule has 6 nitrogen and oxygen atoms in total. The smallest absolute Gasteiger partial charge is 0.335 e. The zero-order valence-corrected chi connectivity index (χ0v) is 7.70. The normalized spacial score (nSPS) is 43.6. The van der Waals surface area contributed by atoms with Gasteiger partial charge in [0.25, 0.3) is 0 Å². The summed E-state index contributed by atoms with van der Waals surface area (Å²) in [6.07, 6.45) is -6.17. The molecular formula is C8H14O6. The quantitative estimate of drug-likeness (QED) is 0.430. The van der Waals surface area contributed by atoms with Gasteiger partial charge in [-0.15, -0.1) is 0 Å². The molecule has 14 heavy (non-hydrogen) atoms. The van der Waals surface area contributed by atoms with Gasteiger partial charge in [-0.2, -0.15) is 0 Å². The third-order valence-corrected chi connectivity index (χ3v) is 2.36. The number of carboxylic acid groups (broad SMARTS) is 1. The van der Waals surface area contributed by atoms with Gasteiger partial charge in [-0.25, -0.2) is 4.79 Å². The number of carboxylic acids is 1. The summed E-state index contributed by atoms with van der Waals surface area (Å²) in [5.74, 6) is -1.35. The van der Waals surface area contributed by atoms with E-state index < -0.39 is 36.5 Å². The summed E-state index contributed by atoms with van der Waals surface area (Å²) < 4.78 is 4.93. The first kappa shape index (κ1) is 11.4. The topological polar surface area (TPSA) is 107 Å². The standard InChI is InChI=1S/C8H14O6/c1-2-3-4(9)5(10)6(11)7(14-3)8(12)13/h3-7,9-11H,2H2,1H3,(H,12,13)/t3-,4?,5+,6?,7-/m0/s1. The van der Waals surface area contributed by atoms with E-state index in [0.29, 0.717) is 6.42 Å². The Morgan fingerprint density at radius 3 is 2.21 bits per heavy atom. The van der Waals surface area contributed by atoms with Crippen LogP contribution in [0.5, 0.6) is 0 Å². The number of rotatable bonds is 2. The maximum Gasteiger partial charge on any atom is 0.335 e. The summed E-state index contributed by atoms with van der Waals surface area (Å²) in [6, 6.07) is 0. The van der Waals surface area contributed by atoms with E-state index in [1.54, 1.807) is 6.92 Å². The lowest BCUT2D eigenvalue weighted by atomic mass is 9.94. The second-order valence-electron chi connectivity index (χ2n) is 3.31. The van der Waals surface area contributed by atoms with E-state index in [2.05, 4.69) is 0 Å². The summed E-state index contributed by atoms with van der Waals surface area (Å²) >= 11 is 0. The van der Waals surface area contributed by atoms with Crippen LogP contribution in [0.2, 0.25) is 0 Å². The number of aliphatic carboxylic acids is 1. The van der Waals surface area contributed by atoms with Crippen LogP contribution >= 0.6 is 0 Å². The number of carbonyl (C=O) groups is 1. The van der Waals surface area contributed by atoms with Crippen molar-refractivity contribution in [2.24, 2.45) is 0 Å². The molecule has 0 aliphatic carbocycles. The van der Waals surface area contributed by atoms with E-state index in [9.17, 15) is 20.1 Å². The van der Waals surface area contributed by atoms with Gasteiger partial charge in [-0.3, -0.25) is 0 Å². The van der Waals surface area contributed by atoms with Crippen LogP contribution in [0, 0.1) is 0 Å². The lowest BCUT2D eigenvalue weighted by Crippen LogP contribution is -2.59. The Balaban J connectivity index is 2.78. The van der Waals surface area contributed by atoms with Crippen LogP contribution in [0.4, 0.5) is 0 Å². The molecule has 5 atom stereocenters. The highest BCUT2D eigenvalue weighted by molar-refractivity contribution is 5.73. The van der Waals surface area contributed by atoms with Gasteiger partial charge in [0.15, 0.2) is 6.10 Å². The van der Waals surface area contributed by atoms with Gasteiger partial charge in [0.1, 0.15) is 18.3 Å². The summed E-state index contributed by atoms with van der Waals surface area (Å²) in [6.45, 7) is 1.69. The molecule has 0 radical (unpaired) electrons. The van der Waals surface area contributed by atoms with Crippen LogP contribution in [0.3, 0.4) is 0 Å². The van der Waals surface area contributed by atoms with Crippen molar-refractivity contribution in [2.45, 2.75) is 43.9 Å². The molecule has 0 saturated carbocycles. The molecule has 6 heteroatoms. The van der Waals surface area contributed by atoms with Crippen LogP contribution in [-0.4, -0.2) is 56.9 Å². The lowest BCUT2D eigenvalue weighted by Gasteiger charge is -2.38. The van der Waals surface area contributed by atoms with Crippen LogP contribution in [-0.2, 0) is 9.53 Å². The van der Waals surface area contributed by atoms with Crippen molar-refractivity contribution in [1.29, 1.82) is 0 Å². The van der Waals surface area contributed by atoms with Crippen LogP contribution in [0.15, 0.2) is 0 Å². The Labute approximate surface area is 80.7 Å². The van der Waals surface area contributed by atoms with Crippen molar-refractivity contribution >= 4 is 5.97 Å². The minimum Gasteiger partial charge on any atom is -0.479 e. The molecule has 4 N–H and O–H groups in total. The number of aliphatic hydroxyl groups is 3. The predicted molar refractivity (Wildman–Crippen MR) is 44.6 cm³/mol. The van der Waals surface area contributed by atoms with E-state index in [4.69, 9.17) is 9.84 Å². The molecule has 0 spiro atoms. The average Bonchev–Trinajstić information content (AvgIpc) is 2.14. The highest BCUT2D eigenvalue weighted by Crippen LogP contribution is 2.23. The van der Waals surface area contributed by atoms with Crippen molar-refractivity contribution in [1.82, 2.24) is 0 Å². The first-order chi connectivity index (χ1) is 6.49. The van der Waals surface area contributed by atoms with Gasteiger partial charge in [0.05, 0.1) is 6.10 Å². The molecule has 1 rings (SSSR count). The van der Waals surface area contributed by atoms with E-state index in [0.717, 1.165) is 0 Å². The highest BCUT2D eigenvalue weighted by Gasteiger charge is 2.45. The van der Waals surface area contributed by atoms with Crippen molar-refractivity contribution in [2.75, 3.05) is 0 Å². The Bertz CT molecular complexity index is 216. The van der Waals surface area contributed by atoms with Gasteiger partial charge >= 0.3 is 5.97 Å². The number of ether oxygens (including phenoxy) is 1. The van der Waals surface area contributed by atoms with Gasteiger partial charge in [0, 0.05) is 0 Å². The van der Waals surface area contributed by atoms with Crippen molar-refractivity contribution in [3.05, 3.63) is 0 Å². The molecule has 0 aromatic carbocycles. The fourth-order valence-corrected chi connectivity index (χ4v) is 1.49. The minimum absolute atomic E-state index is 0.370. The molecular weight excluding hydrogens is 192 g/mol. The molecule has 0 aromatic heterocycles. The Morgan fingerprint density at radius 1 is 1.21 bits per heavy atom. The number of aliphatic hydroxyl groups excluding tert-OH is 3. The minimum atomic E-state index is -1.59. The predicted octanol–water partition coefficient (Wildman–Crippen LogP) is -1.67. The van der Waals surface area contributed by atoms with Crippen LogP contribution in [0.25, 0.3) is 0 Å². The molecule has 1 saturated heterocycles. The zero-order valence-electron chi connectivity index (χ0n) is 7.70. The monoisotopic (exact) mass is 206 g/mol. The molecule has 0 amide bonds. The first-order valence-corrected chi connectivity index (χ1v) is 4.41. The summed E-state index contributed by atoms with van der Waals surface area (Å²) in [7, 11) is 0. The third kappa shape index (κ3) is 1.88.